The van der Waals surface area contributed by atoms with E-state index in [-0.39, 0.29) is 19.5 Å². The molecule has 0 aromatic rings. The Morgan fingerprint density at radius 1 is 1.22 bits per heavy atom. The van der Waals surface area contributed by atoms with Crippen molar-refractivity contribution < 1.29 is 28.3 Å². The number of rotatable bonds is 0. The van der Waals surface area contributed by atoms with Crippen LogP contribution >= 0.6 is 0 Å². The average Bonchev–Trinajstić information content (AvgIpc) is 2.53. The number of nitrogens with one attached hydrogen (secondary N) is 2. The van der Waals surface area contributed by atoms with Crippen molar-refractivity contribution in [2.75, 3.05) is 20.1 Å². The number of likely N-dealkylation sites (N-methyl/N-ethyl adjacent to an activating group) is 1. The van der Waals surface area contributed by atoms with Crippen molar-refractivity contribution in [2.24, 2.45) is 0 Å². The van der Waals surface area contributed by atoms with Gasteiger partial charge in [-0.05, 0) is 12.8 Å². The highest BCUT2D eigenvalue weighted by Gasteiger charge is 2.13. The van der Waals surface area contributed by atoms with E-state index in [9.17, 15) is 9.59 Å². The van der Waals surface area contributed by atoms with Crippen molar-refractivity contribution in [1.82, 2.24) is 10.2 Å². The lowest BCUT2D eigenvalue weighted by Crippen LogP contribution is -2.43. The number of hydrogen-bond acceptors (Lipinski definition) is 5. The Balaban J connectivity index is 0.00000194. The van der Waals surface area contributed by atoms with E-state index < -0.39 is 31.4 Å². The molecule has 8 heteroatoms. The molecule has 132 valence electrons. The Labute approximate surface area is 140 Å². The van der Waals surface area contributed by atoms with Crippen LogP contribution < -0.4 is 5.32 Å². The van der Waals surface area contributed by atoms with Gasteiger partial charge in [0.2, 0.25) is 5.91 Å². The minimum atomic E-state index is -2.70. The first-order valence-corrected chi connectivity index (χ1v) is 7.62. The molecule has 0 spiro atoms. The molecule has 0 radical (unpaired) electrons. The molecule has 1 aliphatic rings. The lowest BCUT2D eigenvalue weighted by molar-refractivity contribution is -0.144. The van der Waals surface area contributed by atoms with Gasteiger partial charge in [-0.25, -0.2) is 0 Å². The first kappa shape index (κ1) is 15.8. The lowest BCUT2D eigenvalue weighted by Gasteiger charge is -2.19. The molecule has 1 heterocycles. The van der Waals surface area contributed by atoms with Gasteiger partial charge in [-0.15, -0.1) is 0 Å². The SMILES string of the molecule is O=CO.[2H]C([2H])([2H])N1CC(=O)OCCCCCCCCCC(=O)NC1=N. The molecule has 23 heavy (non-hydrogen) atoms. The number of esters is 1. The van der Waals surface area contributed by atoms with Crippen LogP contribution in [0.2, 0.25) is 0 Å². The van der Waals surface area contributed by atoms with Crippen LogP contribution in [-0.4, -0.2) is 54.4 Å². The summed E-state index contributed by atoms with van der Waals surface area (Å²) in [4.78, 5) is 32.4. The van der Waals surface area contributed by atoms with Crippen LogP contribution in [0.3, 0.4) is 0 Å². The summed E-state index contributed by atoms with van der Waals surface area (Å²) < 4.78 is 27.2. The third-order valence-electron chi connectivity index (χ3n) is 3.13. The molecule has 0 aromatic heterocycles. The zero-order valence-corrected chi connectivity index (χ0v) is 13.2. The molecule has 1 rings (SSSR count). The van der Waals surface area contributed by atoms with Crippen LogP contribution in [0, 0.1) is 5.41 Å². The maximum absolute atomic E-state index is 11.8. The number of nitrogens with zero attached hydrogens (tertiary/aromatic N) is 1. The van der Waals surface area contributed by atoms with Gasteiger partial charge in [0.05, 0.1) is 6.61 Å². The van der Waals surface area contributed by atoms with Crippen LogP contribution in [0.4, 0.5) is 0 Å². The summed E-state index contributed by atoms with van der Waals surface area (Å²) in [6.07, 6.45) is 6.73. The molecule has 0 saturated carbocycles. The molecular weight excluding hydrogens is 302 g/mol. The van der Waals surface area contributed by atoms with Crippen LogP contribution in [-0.2, 0) is 19.1 Å². The number of carboxylic acid groups (broad SMARTS) is 1. The highest BCUT2D eigenvalue weighted by molar-refractivity contribution is 5.96. The standard InChI is InChI=1S/C14H25N3O3.CH2O2/c1-17-11-13(19)20-10-8-6-4-2-3-5-7-9-12(18)16-14(17)15;2-1-3/h2-11H2,1H3,(H2,15,16,18);1H,(H,2,3)/i1D3;. The predicted molar refractivity (Wildman–Crippen MR) is 85.1 cm³/mol. The quantitative estimate of drug-likeness (QED) is 0.455. The number of amides is 1. The molecule has 1 saturated heterocycles. The van der Waals surface area contributed by atoms with Crippen molar-refractivity contribution in [3.05, 3.63) is 0 Å². The van der Waals surface area contributed by atoms with Crippen molar-refractivity contribution in [3.63, 3.8) is 0 Å². The van der Waals surface area contributed by atoms with E-state index in [4.69, 9.17) is 24.2 Å². The molecule has 8 nitrogen and oxygen atoms in total. The van der Waals surface area contributed by atoms with Gasteiger partial charge in [0.25, 0.3) is 6.47 Å². The monoisotopic (exact) mass is 332 g/mol. The predicted octanol–water partition coefficient (Wildman–Crippen LogP) is 1.35. The van der Waals surface area contributed by atoms with Crippen molar-refractivity contribution in [3.8, 4) is 0 Å². The van der Waals surface area contributed by atoms with Crippen molar-refractivity contribution in [1.29, 1.82) is 5.41 Å². The summed E-state index contributed by atoms with van der Waals surface area (Å²) in [5.41, 5.74) is 0. The van der Waals surface area contributed by atoms with E-state index in [1.165, 1.54) is 0 Å². The Morgan fingerprint density at radius 2 is 1.78 bits per heavy atom. The number of guanidine groups is 1. The zero-order chi connectivity index (χ0) is 20.0. The number of hydrogen-bond donors (Lipinski definition) is 3. The van der Waals surface area contributed by atoms with Crippen LogP contribution in [0.15, 0.2) is 0 Å². The summed E-state index contributed by atoms with van der Waals surface area (Å²) >= 11 is 0. The Morgan fingerprint density at radius 3 is 2.39 bits per heavy atom. The second-order valence-electron chi connectivity index (χ2n) is 5.03. The van der Waals surface area contributed by atoms with E-state index in [0.29, 0.717) is 11.3 Å². The number of cyclic esters (lactones) is 1. The van der Waals surface area contributed by atoms with E-state index in [0.717, 1.165) is 38.5 Å². The zero-order valence-electron chi connectivity index (χ0n) is 16.2. The van der Waals surface area contributed by atoms with Crippen LogP contribution in [0.1, 0.15) is 55.5 Å². The minimum Gasteiger partial charge on any atom is -0.483 e. The second kappa shape index (κ2) is 13.5. The van der Waals surface area contributed by atoms with Gasteiger partial charge in [0.1, 0.15) is 6.54 Å². The fourth-order valence-corrected chi connectivity index (χ4v) is 1.97. The molecular formula is C15H27N3O5. The second-order valence-corrected chi connectivity index (χ2v) is 5.03. The maximum atomic E-state index is 11.8. The summed E-state index contributed by atoms with van der Waals surface area (Å²) in [5, 5.41) is 16.9. The summed E-state index contributed by atoms with van der Waals surface area (Å²) in [7, 11) is 0. The summed E-state index contributed by atoms with van der Waals surface area (Å²) in [6, 6.07) is 0. The highest BCUT2D eigenvalue weighted by atomic mass is 16.5. The van der Waals surface area contributed by atoms with E-state index in [1.54, 1.807) is 0 Å². The molecule has 0 aliphatic carbocycles. The Kier molecular flexibility index (Phi) is 9.28. The van der Waals surface area contributed by atoms with Gasteiger partial charge in [-0.1, -0.05) is 32.1 Å². The largest absolute Gasteiger partial charge is 0.483 e. The molecule has 0 bridgehead atoms. The van der Waals surface area contributed by atoms with Gasteiger partial charge in [-0.3, -0.25) is 25.1 Å². The molecule has 0 atom stereocenters. The van der Waals surface area contributed by atoms with Gasteiger partial charge >= 0.3 is 5.97 Å². The average molecular weight is 332 g/mol. The number of carbonyl (C=O) groups excluding carboxylic acids is 2. The molecule has 0 aromatic carbocycles. The molecule has 3 N–H and O–H groups in total. The molecule has 1 aliphatic heterocycles. The first-order valence-electron chi connectivity index (χ1n) is 9.12. The third-order valence-corrected chi connectivity index (χ3v) is 3.13. The van der Waals surface area contributed by atoms with Gasteiger partial charge < -0.3 is 14.7 Å². The van der Waals surface area contributed by atoms with E-state index in [2.05, 4.69) is 5.32 Å². The van der Waals surface area contributed by atoms with E-state index >= 15 is 0 Å². The Hall–Kier alpha value is -2.12. The molecule has 1 amide bonds. The number of carbonyl (C=O) groups is 3. The molecule has 0 unspecified atom stereocenters. The van der Waals surface area contributed by atoms with Crippen molar-refractivity contribution >= 4 is 24.3 Å². The normalized spacial score (nSPS) is 21.5. The fraction of sp³-hybridized carbons (Fsp3) is 0.733. The Bertz CT molecular complexity index is 472. The molecule has 1 fully saturated rings. The summed E-state index contributed by atoms with van der Waals surface area (Å²) in [5.74, 6) is -1.73. The highest BCUT2D eigenvalue weighted by Crippen LogP contribution is 2.09. The first-order chi connectivity index (χ1) is 12.2. The van der Waals surface area contributed by atoms with Crippen LogP contribution in [0.25, 0.3) is 0 Å². The minimum absolute atomic E-state index is 0.238. The van der Waals surface area contributed by atoms with Gasteiger partial charge in [-0.2, -0.15) is 0 Å². The van der Waals surface area contributed by atoms with E-state index in [1.807, 2.05) is 0 Å². The van der Waals surface area contributed by atoms with Crippen molar-refractivity contribution in [2.45, 2.75) is 51.4 Å². The smallest absolute Gasteiger partial charge is 0.325 e. The van der Waals surface area contributed by atoms with Gasteiger partial charge in [0.15, 0.2) is 5.96 Å². The number of ether oxygens (including phenoxy) is 1. The lowest BCUT2D eigenvalue weighted by atomic mass is 10.1. The topological polar surface area (TPSA) is 120 Å². The van der Waals surface area contributed by atoms with Gasteiger partial charge in [0, 0.05) is 17.5 Å². The van der Waals surface area contributed by atoms with Crippen LogP contribution in [0.5, 0.6) is 0 Å². The maximum Gasteiger partial charge on any atom is 0.325 e. The summed E-state index contributed by atoms with van der Waals surface area (Å²) in [6.45, 7) is -3.29. The third kappa shape index (κ3) is 12.1. The fourth-order valence-electron chi connectivity index (χ4n) is 1.97.